The molecule has 1 aromatic rings. The molecule has 2 rings (SSSR count). The van der Waals surface area contributed by atoms with Crippen molar-refractivity contribution >= 4 is 21.2 Å². The van der Waals surface area contributed by atoms with Crippen LogP contribution in [0, 0.1) is 22.7 Å². The van der Waals surface area contributed by atoms with Crippen LogP contribution >= 0.6 is 0 Å². The number of anilines is 2. The summed E-state index contributed by atoms with van der Waals surface area (Å²) in [6.07, 6.45) is 5.89. The number of nitrogens with zero attached hydrogens (tertiary/aromatic N) is 3. The lowest BCUT2D eigenvalue weighted by molar-refractivity contribution is 0.587. The second-order valence-corrected chi connectivity index (χ2v) is 9.07. The molecule has 0 atom stereocenters. The summed E-state index contributed by atoms with van der Waals surface area (Å²) in [5.74, 6) is 0. The predicted molar refractivity (Wildman–Crippen MR) is 102 cm³/mol. The molecule has 1 aliphatic heterocycles. The molecule has 6 nitrogen and oxygen atoms in total. The van der Waals surface area contributed by atoms with E-state index in [1.54, 1.807) is 38.1 Å². The maximum absolute atomic E-state index is 12.7. The third-order valence-corrected chi connectivity index (χ3v) is 6.68. The first-order valence-electron chi connectivity index (χ1n) is 8.80. The van der Waals surface area contributed by atoms with Crippen LogP contribution in [0.3, 0.4) is 0 Å². The summed E-state index contributed by atoms with van der Waals surface area (Å²) in [6, 6.07) is 8.78. The van der Waals surface area contributed by atoms with Crippen molar-refractivity contribution in [2.24, 2.45) is 0 Å². The minimum atomic E-state index is -3.50. The molecule has 1 aromatic carbocycles. The van der Waals surface area contributed by atoms with Gasteiger partial charge in [-0.25, -0.2) is 8.42 Å². The Balaban J connectivity index is 2.47. The maximum Gasteiger partial charge on any atom is 0.182 e. The van der Waals surface area contributed by atoms with Crippen LogP contribution in [0.25, 0.3) is 0 Å². The molecule has 26 heavy (non-hydrogen) atoms. The number of benzene rings is 1. The van der Waals surface area contributed by atoms with Gasteiger partial charge in [0.1, 0.15) is 17.7 Å². The van der Waals surface area contributed by atoms with E-state index < -0.39 is 15.1 Å². The normalized spacial score (nSPS) is 14.9. The smallest absolute Gasteiger partial charge is 0.182 e. The predicted octanol–water partition coefficient (Wildman–Crippen LogP) is 3.59. The van der Waals surface area contributed by atoms with Crippen LogP contribution in [-0.2, 0) is 9.84 Å². The van der Waals surface area contributed by atoms with Crippen LogP contribution in [-0.4, -0.2) is 26.8 Å². The Morgan fingerprint density at radius 1 is 1.15 bits per heavy atom. The fraction of sp³-hybridized carbons (Fsp3) is 0.474. The molecule has 0 saturated carbocycles. The van der Waals surface area contributed by atoms with E-state index in [1.807, 2.05) is 6.07 Å². The zero-order valence-electron chi connectivity index (χ0n) is 15.2. The van der Waals surface area contributed by atoms with E-state index in [4.69, 9.17) is 10.5 Å². The summed E-state index contributed by atoms with van der Waals surface area (Å²) >= 11 is 0. The number of allylic oxidation sites excluding steroid dienone is 1. The monoisotopic (exact) mass is 372 g/mol. The molecule has 0 amide bonds. The van der Waals surface area contributed by atoms with Gasteiger partial charge in [0.05, 0.1) is 15.8 Å². The van der Waals surface area contributed by atoms with Gasteiger partial charge in [-0.15, -0.1) is 0 Å². The zero-order chi connectivity index (χ0) is 19.2. The van der Waals surface area contributed by atoms with Gasteiger partial charge in [-0.3, -0.25) is 0 Å². The van der Waals surface area contributed by atoms with Gasteiger partial charge in [0.2, 0.25) is 0 Å². The third-order valence-electron chi connectivity index (χ3n) is 4.47. The van der Waals surface area contributed by atoms with Gasteiger partial charge in [-0.2, -0.15) is 10.5 Å². The van der Waals surface area contributed by atoms with E-state index in [-0.39, 0.29) is 10.5 Å². The lowest BCUT2D eigenvalue weighted by Gasteiger charge is -2.24. The molecule has 1 aliphatic rings. The van der Waals surface area contributed by atoms with Crippen molar-refractivity contribution in [3.63, 3.8) is 0 Å². The van der Waals surface area contributed by atoms with Crippen molar-refractivity contribution in [3.8, 4) is 12.1 Å². The Labute approximate surface area is 155 Å². The third kappa shape index (κ3) is 4.56. The van der Waals surface area contributed by atoms with Gasteiger partial charge in [0.15, 0.2) is 9.84 Å². The van der Waals surface area contributed by atoms with Gasteiger partial charge in [-0.1, -0.05) is 12.8 Å². The summed E-state index contributed by atoms with van der Waals surface area (Å²) in [5.41, 5.74) is 1.22. The maximum atomic E-state index is 12.7. The standard InChI is InChI=1S/C19H24N4O2S/c1-15(2)26(24,25)19-8-7-17(23-9-5-3-4-6-10-23)11-18(19)22-14-16(12-20)13-21/h7-8,11,14-15,22H,3-6,9-10H2,1-2H3. The summed E-state index contributed by atoms with van der Waals surface area (Å²) in [5, 5.41) is 20.1. The average molecular weight is 372 g/mol. The van der Waals surface area contributed by atoms with Gasteiger partial charge in [0.25, 0.3) is 0 Å². The van der Waals surface area contributed by atoms with Crippen molar-refractivity contribution in [3.05, 3.63) is 30.0 Å². The first-order chi connectivity index (χ1) is 12.4. The Bertz CT molecular complexity index is 837. The Kier molecular flexibility index (Phi) is 6.65. The minimum Gasteiger partial charge on any atom is -0.371 e. The molecular formula is C19H24N4O2S. The summed E-state index contributed by atoms with van der Waals surface area (Å²) in [6.45, 7) is 5.14. The van der Waals surface area contributed by atoms with Crippen LogP contribution in [0.5, 0.6) is 0 Å². The Hall–Kier alpha value is -2.51. The number of hydrogen-bond acceptors (Lipinski definition) is 6. The lowest BCUT2D eigenvalue weighted by atomic mass is 10.2. The Morgan fingerprint density at radius 2 is 1.77 bits per heavy atom. The van der Waals surface area contributed by atoms with E-state index >= 15 is 0 Å². The molecule has 7 heteroatoms. The molecule has 0 aromatic heterocycles. The Morgan fingerprint density at radius 3 is 2.31 bits per heavy atom. The molecule has 1 heterocycles. The zero-order valence-corrected chi connectivity index (χ0v) is 16.0. The molecule has 0 radical (unpaired) electrons. The summed E-state index contributed by atoms with van der Waals surface area (Å²) < 4.78 is 25.3. The van der Waals surface area contributed by atoms with Gasteiger partial charge >= 0.3 is 0 Å². The fourth-order valence-corrected chi connectivity index (χ4v) is 4.09. The molecule has 1 fully saturated rings. The number of nitrogens with one attached hydrogen (secondary N) is 1. The van der Waals surface area contributed by atoms with E-state index in [0.29, 0.717) is 5.69 Å². The number of rotatable bonds is 5. The lowest BCUT2D eigenvalue weighted by Crippen LogP contribution is -2.24. The molecular weight excluding hydrogens is 348 g/mol. The second kappa shape index (κ2) is 8.73. The van der Waals surface area contributed by atoms with E-state index in [9.17, 15) is 8.42 Å². The number of sulfone groups is 1. The summed E-state index contributed by atoms with van der Waals surface area (Å²) in [7, 11) is -3.50. The van der Waals surface area contributed by atoms with Crippen molar-refractivity contribution in [1.82, 2.24) is 0 Å². The molecule has 0 spiro atoms. The van der Waals surface area contributed by atoms with Crippen LogP contribution < -0.4 is 10.2 Å². The molecule has 138 valence electrons. The topological polar surface area (TPSA) is 97.0 Å². The second-order valence-electron chi connectivity index (χ2n) is 6.60. The first kappa shape index (κ1) is 19.8. The largest absolute Gasteiger partial charge is 0.371 e. The fourth-order valence-electron chi connectivity index (χ4n) is 2.90. The van der Waals surface area contributed by atoms with Crippen LogP contribution in [0.2, 0.25) is 0 Å². The number of hydrogen-bond donors (Lipinski definition) is 1. The van der Waals surface area contributed by atoms with Gasteiger partial charge in [-0.05, 0) is 44.9 Å². The van der Waals surface area contributed by atoms with E-state index in [2.05, 4.69) is 10.2 Å². The van der Waals surface area contributed by atoms with Crippen LogP contribution in [0.1, 0.15) is 39.5 Å². The molecule has 0 bridgehead atoms. The highest BCUT2D eigenvalue weighted by molar-refractivity contribution is 7.92. The van der Waals surface area contributed by atoms with E-state index in [0.717, 1.165) is 31.6 Å². The molecule has 1 saturated heterocycles. The molecule has 0 unspecified atom stereocenters. The van der Waals surface area contributed by atoms with Crippen molar-refractivity contribution in [2.45, 2.75) is 49.7 Å². The molecule has 0 aliphatic carbocycles. The van der Waals surface area contributed by atoms with Gasteiger partial charge < -0.3 is 10.2 Å². The van der Waals surface area contributed by atoms with Crippen molar-refractivity contribution < 1.29 is 8.42 Å². The average Bonchev–Trinajstić information content (AvgIpc) is 2.91. The van der Waals surface area contributed by atoms with Gasteiger partial charge in [0, 0.05) is 25.0 Å². The highest BCUT2D eigenvalue weighted by Crippen LogP contribution is 2.31. The van der Waals surface area contributed by atoms with Crippen LogP contribution in [0.15, 0.2) is 34.9 Å². The van der Waals surface area contributed by atoms with Crippen molar-refractivity contribution in [1.29, 1.82) is 10.5 Å². The number of nitriles is 2. The van der Waals surface area contributed by atoms with Crippen LogP contribution in [0.4, 0.5) is 11.4 Å². The first-order valence-corrected chi connectivity index (χ1v) is 10.3. The molecule has 1 N–H and O–H groups in total. The highest BCUT2D eigenvalue weighted by Gasteiger charge is 2.23. The van der Waals surface area contributed by atoms with Crippen molar-refractivity contribution in [2.75, 3.05) is 23.3 Å². The quantitative estimate of drug-likeness (QED) is 0.793. The van der Waals surface area contributed by atoms with E-state index in [1.165, 1.54) is 19.0 Å². The minimum absolute atomic E-state index is 0.113. The highest BCUT2D eigenvalue weighted by atomic mass is 32.2. The summed E-state index contributed by atoms with van der Waals surface area (Å²) in [4.78, 5) is 2.43. The SMILES string of the molecule is CC(C)S(=O)(=O)c1ccc(N2CCCCCC2)cc1NC=C(C#N)C#N.